The molecule has 1 aromatic rings. The fourth-order valence-electron chi connectivity index (χ4n) is 3.61. The summed E-state index contributed by atoms with van der Waals surface area (Å²) in [5.74, 6) is 0.907. The van der Waals surface area contributed by atoms with Crippen molar-refractivity contribution in [3.63, 3.8) is 0 Å². The molecule has 3 rings (SSSR count). The Kier molecular flexibility index (Phi) is 4.40. The van der Waals surface area contributed by atoms with Gasteiger partial charge in [-0.25, -0.2) is 9.97 Å². The summed E-state index contributed by atoms with van der Waals surface area (Å²) in [7, 11) is 1.96. The smallest absolute Gasteiger partial charge is 0.225 e. The van der Waals surface area contributed by atoms with E-state index in [4.69, 9.17) is 4.98 Å². The van der Waals surface area contributed by atoms with Crippen molar-refractivity contribution < 1.29 is 0 Å². The van der Waals surface area contributed by atoms with Crippen LogP contribution in [0.4, 0.5) is 5.95 Å². The number of nitrogens with one attached hydrogen (secondary N) is 1. The molecule has 2 atom stereocenters. The van der Waals surface area contributed by atoms with Crippen molar-refractivity contribution in [1.29, 1.82) is 0 Å². The molecule has 1 N–H and O–H groups in total. The van der Waals surface area contributed by atoms with Gasteiger partial charge in [0.25, 0.3) is 0 Å². The summed E-state index contributed by atoms with van der Waals surface area (Å²) in [4.78, 5) is 14.5. The molecule has 1 aromatic heterocycles. The van der Waals surface area contributed by atoms with Crippen LogP contribution in [-0.2, 0) is 6.54 Å². The lowest BCUT2D eigenvalue weighted by Crippen LogP contribution is -2.59. The second-order valence-corrected chi connectivity index (χ2v) is 6.46. The summed E-state index contributed by atoms with van der Waals surface area (Å²) in [6.45, 7) is 8.70. The Morgan fingerprint density at radius 3 is 2.95 bits per heavy atom. The van der Waals surface area contributed by atoms with Gasteiger partial charge < -0.3 is 10.2 Å². The second kappa shape index (κ2) is 6.28. The van der Waals surface area contributed by atoms with E-state index in [2.05, 4.69) is 33.9 Å². The monoisotopic (exact) mass is 289 g/mol. The number of piperidine rings is 1. The Morgan fingerprint density at radius 1 is 1.33 bits per heavy atom. The summed E-state index contributed by atoms with van der Waals surface area (Å²) in [5.41, 5.74) is 2.28. The van der Waals surface area contributed by atoms with Crippen molar-refractivity contribution in [2.45, 2.75) is 51.7 Å². The maximum Gasteiger partial charge on any atom is 0.225 e. The lowest BCUT2D eigenvalue weighted by atomic mass is 9.97. The van der Waals surface area contributed by atoms with E-state index < -0.39 is 0 Å². The molecule has 2 saturated heterocycles. The molecule has 3 heterocycles. The van der Waals surface area contributed by atoms with E-state index >= 15 is 0 Å². The quantitative estimate of drug-likeness (QED) is 0.915. The molecule has 2 aliphatic rings. The van der Waals surface area contributed by atoms with Crippen molar-refractivity contribution in [3.8, 4) is 0 Å². The molecule has 0 bridgehead atoms. The fraction of sp³-hybridized carbons (Fsp3) is 0.750. The Bertz CT molecular complexity index is 490. The van der Waals surface area contributed by atoms with Crippen molar-refractivity contribution >= 4 is 5.95 Å². The van der Waals surface area contributed by atoms with Gasteiger partial charge in [-0.2, -0.15) is 0 Å². The first-order valence-electron chi connectivity index (χ1n) is 8.17. The van der Waals surface area contributed by atoms with Gasteiger partial charge in [0.1, 0.15) is 0 Å². The Labute approximate surface area is 127 Å². The zero-order valence-electron chi connectivity index (χ0n) is 13.5. The van der Waals surface area contributed by atoms with E-state index in [1.54, 1.807) is 0 Å². The molecule has 116 valence electrons. The Balaban J connectivity index is 1.77. The van der Waals surface area contributed by atoms with Crippen molar-refractivity contribution in [1.82, 2.24) is 20.2 Å². The van der Waals surface area contributed by atoms with Crippen molar-refractivity contribution in [2.75, 3.05) is 31.6 Å². The van der Waals surface area contributed by atoms with Gasteiger partial charge in [-0.1, -0.05) is 6.42 Å². The molecule has 2 fully saturated rings. The van der Waals surface area contributed by atoms with Gasteiger partial charge in [0, 0.05) is 49.2 Å². The number of aromatic nitrogens is 2. The van der Waals surface area contributed by atoms with Gasteiger partial charge >= 0.3 is 0 Å². The van der Waals surface area contributed by atoms with Gasteiger partial charge in [-0.05, 0) is 40.3 Å². The first kappa shape index (κ1) is 14.7. The van der Waals surface area contributed by atoms with Crippen LogP contribution in [-0.4, -0.2) is 53.6 Å². The number of aryl methyl sites for hydroxylation is 1. The molecule has 0 amide bonds. The molecule has 5 heteroatoms. The van der Waals surface area contributed by atoms with Gasteiger partial charge in [-0.15, -0.1) is 0 Å². The van der Waals surface area contributed by atoms with Crippen LogP contribution in [0.25, 0.3) is 0 Å². The predicted octanol–water partition coefficient (Wildman–Crippen LogP) is 1.57. The van der Waals surface area contributed by atoms with Crippen LogP contribution in [0.15, 0.2) is 6.20 Å². The first-order valence-corrected chi connectivity index (χ1v) is 8.17. The van der Waals surface area contributed by atoms with Crippen LogP contribution in [0, 0.1) is 6.92 Å². The summed E-state index contributed by atoms with van der Waals surface area (Å²) >= 11 is 0. The number of piperazine rings is 1. The molecule has 2 unspecified atom stereocenters. The number of rotatable bonds is 3. The van der Waals surface area contributed by atoms with Crippen LogP contribution >= 0.6 is 0 Å². The number of anilines is 1. The lowest BCUT2D eigenvalue weighted by Gasteiger charge is -2.47. The second-order valence-electron chi connectivity index (χ2n) is 6.46. The molecule has 0 radical (unpaired) electrons. The zero-order valence-corrected chi connectivity index (χ0v) is 13.5. The third-order valence-corrected chi connectivity index (χ3v) is 4.88. The average molecular weight is 289 g/mol. The summed E-state index contributed by atoms with van der Waals surface area (Å²) in [6.07, 6.45) is 6.02. The van der Waals surface area contributed by atoms with E-state index in [0.29, 0.717) is 12.1 Å². The van der Waals surface area contributed by atoms with E-state index in [1.807, 2.05) is 13.2 Å². The molecule has 0 saturated carbocycles. The van der Waals surface area contributed by atoms with Crippen molar-refractivity contribution in [3.05, 3.63) is 17.5 Å². The maximum atomic E-state index is 4.76. The number of fused-ring (bicyclic) bond motifs is 1. The number of hydrogen-bond donors (Lipinski definition) is 1. The molecular formula is C16H27N5. The molecule has 0 aromatic carbocycles. The highest BCUT2D eigenvalue weighted by atomic mass is 15.4. The Morgan fingerprint density at radius 2 is 2.19 bits per heavy atom. The standard InChI is InChI=1S/C16H27N5/c1-12-10-20-7-5-4-6-15(20)11-21(12)16-18-9-14(8-17-3)13(2)19-16/h9,12,15,17H,4-8,10-11H2,1-3H3. The highest BCUT2D eigenvalue weighted by molar-refractivity contribution is 5.36. The van der Waals surface area contributed by atoms with Gasteiger partial charge in [0.15, 0.2) is 0 Å². The average Bonchev–Trinajstić information content (AvgIpc) is 2.49. The van der Waals surface area contributed by atoms with E-state index in [9.17, 15) is 0 Å². The highest BCUT2D eigenvalue weighted by Crippen LogP contribution is 2.26. The summed E-state index contributed by atoms with van der Waals surface area (Å²) in [6, 6.07) is 1.18. The zero-order chi connectivity index (χ0) is 14.8. The highest BCUT2D eigenvalue weighted by Gasteiger charge is 2.34. The molecule has 0 aliphatic carbocycles. The SMILES string of the molecule is CNCc1cnc(N2CC3CCCCN3CC2C)nc1C. The third-order valence-electron chi connectivity index (χ3n) is 4.88. The first-order chi connectivity index (χ1) is 10.2. The van der Waals surface area contributed by atoms with Gasteiger partial charge in [-0.3, -0.25) is 4.90 Å². The summed E-state index contributed by atoms with van der Waals surface area (Å²) < 4.78 is 0. The molecule has 5 nitrogen and oxygen atoms in total. The normalized spacial score (nSPS) is 26.7. The molecule has 0 spiro atoms. The van der Waals surface area contributed by atoms with Crippen LogP contribution in [0.3, 0.4) is 0 Å². The van der Waals surface area contributed by atoms with Crippen LogP contribution in [0.1, 0.15) is 37.4 Å². The largest absolute Gasteiger partial charge is 0.335 e. The van der Waals surface area contributed by atoms with Gasteiger partial charge in [0.05, 0.1) is 0 Å². The van der Waals surface area contributed by atoms with Gasteiger partial charge in [0.2, 0.25) is 5.95 Å². The van der Waals surface area contributed by atoms with Crippen LogP contribution < -0.4 is 10.2 Å². The maximum absolute atomic E-state index is 4.76. The molecule has 2 aliphatic heterocycles. The minimum Gasteiger partial charge on any atom is -0.335 e. The number of nitrogens with zero attached hydrogens (tertiary/aromatic N) is 4. The lowest BCUT2D eigenvalue weighted by molar-refractivity contribution is 0.115. The molecular weight excluding hydrogens is 262 g/mol. The number of hydrogen-bond acceptors (Lipinski definition) is 5. The minimum absolute atomic E-state index is 0.494. The topological polar surface area (TPSA) is 44.3 Å². The van der Waals surface area contributed by atoms with E-state index in [0.717, 1.165) is 31.3 Å². The summed E-state index contributed by atoms with van der Waals surface area (Å²) in [5, 5.41) is 3.17. The van der Waals surface area contributed by atoms with Crippen LogP contribution in [0.5, 0.6) is 0 Å². The van der Waals surface area contributed by atoms with Crippen LogP contribution in [0.2, 0.25) is 0 Å². The Hall–Kier alpha value is -1.20. The van der Waals surface area contributed by atoms with E-state index in [-0.39, 0.29) is 0 Å². The van der Waals surface area contributed by atoms with E-state index in [1.165, 1.54) is 31.4 Å². The predicted molar refractivity (Wildman–Crippen MR) is 85.6 cm³/mol. The van der Waals surface area contributed by atoms with Crippen molar-refractivity contribution in [2.24, 2.45) is 0 Å². The third kappa shape index (κ3) is 3.04. The fourth-order valence-corrected chi connectivity index (χ4v) is 3.61. The molecule has 21 heavy (non-hydrogen) atoms. The minimum atomic E-state index is 0.494.